The van der Waals surface area contributed by atoms with Crippen LogP contribution in [0, 0.1) is 0 Å². The van der Waals surface area contributed by atoms with Gasteiger partial charge in [-0.05, 0) is 12.2 Å². The Morgan fingerprint density at radius 1 is 1.53 bits per heavy atom. The topological polar surface area (TPSA) is 64.0 Å². The predicted molar refractivity (Wildman–Crippen MR) is 66.6 cm³/mol. The van der Waals surface area contributed by atoms with Gasteiger partial charge in [-0.25, -0.2) is 4.98 Å². The number of rotatable bonds is 4. The van der Waals surface area contributed by atoms with E-state index in [0.717, 1.165) is 0 Å². The molecular weight excluding hydrogens is 218 g/mol. The van der Waals surface area contributed by atoms with Crippen LogP contribution in [0.3, 0.4) is 0 Å². The molecule has 1 aromatic rings. The normalized spacial score (nSPS) is 10.8. The summed E-state index contributed by atoms with van der Waals surface area (Å²) in [5.41, 5.74) is -0.135. The SMILES string of the molecule is C=C/C=C(\C=C)n1ccnc(C(=O)NC)c1=O. The van der Waals surface area contributed by atoms with E-state index < -0.39 is 11.5 Å². The lowest BCUT2D eigenvalue weighted by Crippen LogP contribution is -2.32. The average Bonchev–Trinajstić information content (AvgIpc) is 2.36. The third-order valence-corrected chi connectivity index (χ3v) is 2.06. The summed E-state index contributed by atoms with van der Waals surface area (Å²) in [6.07, 6.45) is 7.49. The molecule has 0 atom stereocenters. The molecule has 5 nitrogen and oxygen atoms in total. The Morgan fingerprint density at radius 2 is 2.24 bits per heavy atom. The molecule has 1 heterocycles. The van der Waals surface area contributed by atoms with E-state index in [4.69, 9.17) is 0 Å². The first kappa shape index (κ1) is 12.6. The van der Waals surface area contributed by atoms with Gasteiger partial charge >= 0.3 is 0 Å². The van der Waals surface area contributed by atoms with Crippen LogP contribution in [0.25, 0.3) is 5.70 Å². The van der Waals surface area contributed by atoms with Crippen molar-refractivity contribution in [3.63, 3.8) is 0 Å². The van der Waals surface area contributed by atoms with Crippen LogP contribution in [-0.4, -0.2) is 22.5 Å². The van der Waals surface area contributed by atoms with E-state index in [-0.39, 0.29) is 5.69 Å². The smallest absolute Gasteiger partial charge is 0.286 e. The lowest BCUT2D eigenvalue weighted by Gasteiger charge is -2.06. The maximum Gasteiger partial charge on any atom is 0.286 e. The van der Waals surface area contributed by atoms with E-state index in [1.807, 2.05) is 0 Å². The minimum Gasteiger partial charge on any atom is -0.354 e. The van der Waals surface area contributed by atoms with Crippen LogP contribution in [0.4, 0.5) is 0 Å². The molecule has 1 amide bonds. The highest BCUT2D eigenvalue weighted by molar-refractivity contribution is 5.91. The summed E-state index contributed by atoms with van der Waals surface area (Å²) in [7, 11) is 1.44. The lowest BCUT2D eigenvalue weighted by atomic mass is 10.3. The Balaban J connectivity index is 3.42. The number of amides is 1. The summed E-state index contributed by atoms with van der Waals surface area (Å²) in [5.74, 6) is -0.522. The lowest BCUT2D eigenvalue weighted by molar-refractivity contribution is 0.0956. The molecule has 0 saturated carbocycles. The number of nitrogens with zero attached hydrogens (tertiary/aromatic N) is 2. The molecular formula is C12H13N3O2. The second-order valence-corrected chi connectivity index (χ2v) is 3.06. The molecule has 1 aromatic heterocycles. The first-order valence-electron chi connectivity index (χ1n) is 4.91. The number of hydrogen-bond donors (Lipinski definition) is 1. The molecule has 0 aliphatic heterocycles. The van der Waals surface area contributed by atoms with Crippen molar-refractivity contribution in [1.82, 2.24) is 14.9 Å². The summed E-state index contributed by atoms with van der Waals surface area (Å²) >= 11 is 0. The quantitative estimate of drug-likeness (QED) is 0.780. The molecule has 0 saturated heterocycles. The van der Waals surface area contributed by atoms with Gasteiger partial charge in [-0.15, -0.1) is 0 Å². The maximum absolute atomic E-state index is 12.0. The van der Waals surface area contributed by atoms with Crippen LogP contribution in [0.15, 0.2) is 48.6 Å². The van der Waals surface area contributed by atoms with Crippen LogP contribution in [-0.2, 0) is 0 Å². The third-order valence-electron chi connectivity index (χ3n) is 2.06. The second kappa shape index (κ2) is 5.60. The fraction of sp³-hybridized carbons (Fsp3) is 0.0833. The van der Waals surface area contributed by atoms with Gasteiger partial charge in [0, 0.05) is 25.1 Å². The van der Waals surface area contributed by atoms with Gasteiger partial charge in [0.1, 0.15) is 0 Å². The Morgan fingerprint density at radius 3 is 2.76 bits per heavy atom. The van der Waals surface area contributed by atoms with Crippen molar-refractivity contribution in [2.75, 3.05) is 7.05 Å². The summed E-state index contributed by atoms with van der Waals surface area (Å²) in [6, 6.07) is 0. The van der Waals surface area contributed by atoms with E-state index in [2.05, 4.69) is 23.5 Å². The number of nitrogens with one attached hydrogen (secondary N) is 1. The zero-order valence-electron chi connectivity index (χ0n) is 9.51. The van der Waals surface area contributed by atoms with E-state index in [9.17, 15) is 9.59 Å². The Kier molecular flexibility index (Phi) is 4.16. The average molecular weight is 231 g/mol. The summed E-state index contributed by atoms with van der Waals surface area (Å²) in [6.45, 7) is 7.14. The zero-order valence-corrected chi connectivity index (χ0v) is 9.51. The molecule has 5 heteroatoms. The van der Waals surface area contributed by atoms with Crippen molar-refractivity contribution in [3.8, 4) is 0 Å². The molecule has 0 aliphatic carbocycles. The van der Waals surface area contributed by atoms with Gasteiger partial charge in [0.2, 0.25) is 0 Å². The Labute approximate surface area is 98.8 Å². The summed E-state index contributed by atoms with van der Waals surface area (Å²) < 4.78 is 1.28. The van der Waals surface area contributed by atoms with Crippen LogP contribution in [0.2, 0.25) is 0 Å². The van der Waals surface area contributed by atoms with Gasteiger partial charge in [0.25, 0.3) is 11.5 Å². The molecule has 88 valence electrons. The molecule has 1 N–H and O–H groups in total. The molecule has 0 aromatic carbocycles. The minimum atomic E-state index is -0.522. The molecule has 0 aliphatic rings. The molecule has 0 spiro atoms. The zero-order chi connectivity index (χ0) is 12.8. The number of carbonyl (C=O) groups is 1. The summed E-state index contributed by atoms with van der Waals surface area (Å²) in [5, 5.41) is 2.36. The van der Waals surface area contributed by atoms with E-state index in [0.29, 0.717) is 5.70 Å². The molecule has 0 radical (unpaired) electrons. The second-order valence-electron chi connectivity index (χ2n) is 3.06. The molecule has 1 rings (SSSR count). The Bertz CT molecular complexity index is 541. The fourth-order valence-corrected chi connectivity index (χ4v) is 1.26. The van der Waals surface area contributed by atoms with E-state index >= 15 is 0 Å². The minimum absolute atomic E-state index is 0.160. The fourth-order valence-electron chi connectivity index (χ4n) is 1.26. The molecule has 17 heavy (non-hydrogen) atoms. The van der Waals surface area contributed by atoms with E-state index in [1.165, 1.54) is 36.2 Å². The van der Waals surface area contributed by atoms with Crippen LogP contribution < -0.4 is 10.9 Å². The highest BCUT2D eigenvalue weighted by Crippen LogP contribution is 2.02. The van der Waals surface area contributed by atoms with Crippen LogP contribution in [0.5, 0.6) is 0 Å². The highest BCUT2D eigenvalue weighted by Gasteiger charge is 2.12. The monoisotopic (exact) mass is 231 g/mol. The van der Waals surface area contributed by atoms with Crippen molar-refractivity contribution < 1.29 is 4.79 Å². The van der Waals surface area contributed by atoms with Crippen molar-refractivity contribution in [3.05, 3.63) is 59.8 Å². The van der Waals surface area contributed by atoms with Gasteiger partial charge in [0.15, 0.2) is 5.69 Å². The molecule has 0 bridgehead atoms. The standard InChI is InChI=1S/C12H13N3O2/c1-4-6-9(5-2)15-8-7-14-10(12(15)17)11(16)13-3/h4-8H,1-2H2,3H3,(H,13,16)/b9-6+. The van der Waals surface area contributed by atoms with Crippen molar-refractivity contribution in [1.29, 1.82) is 0 Å². The van der Waals surface area contributed by atoms with Crippen LogP contribution >= 0.6 is 0 Å². The number of hydrogen-bond acceptors (Lipinski definition) is 3. The largest absolute Gasteiger partial charge is 0.354 e. The first-order chi connectivity index (χ1) is 8.15. The van der Waals surface area contributed by atoms with Gasteiger partial charge in [-0.1, -0.05) is 19.2 Å². The number of carbonyl (C=O) groups excluding carboxylic acids is 1. The Hall–Kier alpha value is -2.43. The van der Waals surface area contributed by atoms with Crippen molar-refractivity contribution >= 4 is 11.6 Å². The van der Waals surface area contributed by atoms with E-state index in [1.54, 1.807) is 6.08 Å². The van der Waals surface area contributed by atoms with Crippen LogP contribution in [0.1, 0.15) is 10.5 Å². The van der Waals surface area contributed by atoms with Gasteiger partial charge in [-0.3, -0.25) is 14.2 Å². The van der Waals surface area contributed by atoms with Crippen molar-refractivity contribution in [2.45, 2.75) is 0 Å². The number of allylic oxidation sites excluding steroid dienone is 4. The predicted octanol–water partition coefficient (Wildman–Crippen LogP) is 0.816. The van der Waals surface area contributed by atoms with Gasteiger partial charge < -0.3 is 5.32 Å². The van der Waals surface area contributed by atoms with Gasteiger partial charge in [-0.2, -0.15) is 0 Å². The first-order valence-corrected chi connectivity index (χ1v) is 4.91. The highest BCUT2D eigenvalue weighted by atomic mass is 16.2. The maximum atomic E-state index is 12.0. The van der Waals surface area contributed by atoms with Crippen molar-refractivity contribution in [2.24, 2.45) is 0 Å². The molecule has 0 unspecified atom stereocenters. The van der Waals surface area contributed by atoms with Gasteiger partial charge in [0.05, 0.1) is 0 Å². The molecule has 0 fully saturated rings. The third kappa shape index (κ3) is 2.57. The number of aromatic nitrogens is 2. The summed E-state index contributed by atoms with van der Waals surface area (Å²) in [4.78, 5) is 27.1.